The lowest BCUT2D eigenvalue weighted by Gasteiger charge is -2.16. The zero-order chi connectivity index (χ0) is 28.8. The highest BCUT2D eigenvalue weighted by atomic mass is 16.6. The summed E-state index contributed by atoms with van der Waals surface area (Å²) < 4.78 is 23.9. The number of para-hydroxylation sites is 2. The third-order valence-electron chi connectivity index (χ3n) is 6.18. The van der Waals surface area contributed by atoms with Crippen LogP contribution in [0.4, 0.5) is 0 Å². The van der Waals surface area contributed by atoms with E-state index in [1.165, 1.54) is 4.68 Å². The van der Waals surface area contributed by atoms with Gasteiger partial charge in [-0.15, -0.1) is 6.58 Å². The van der Waals surface area contributed by atoms with Crippen molar-refractivity contribution in [3.63, 3.8) is 0 Å². The molecule has 208 valence electrons. The summed E-state index contributed by atoms with van der Waals surface area (Å²) in [7, 11) is 0. The molecule has 0 radical (unpaired) electrons. The van der Waals surface area contributed by atoms with Crippen LogP contribution in [0.15, 0.2) is 93.7 Å². The SMILES string of the molecule is C=CCc1cc(C=Nn2c(-c3cc4ccccc4o3)nc3ccccc3c2=O)cc(OCC)c1OCC(=O)OCC. The normalized spacial score (nSPS) is 11.3. The predicted molar refractivity (Wildman–Crippen MR) is 158 cm³/mol. The van der Waals surface area contributed by atoms with Gasteiger partial charge in [0.1, 0.15) is 5.58 Å². The Morgan fingerprint density at radius 1 is 1.05 bits per heavy atom. The van der Waals surface area contributed by atoms with Crippen molar-refractivity contribution in [1.82, 2.24) is 9.66 Å². The van der Waals surface area contributed by atoms with Crippen molar-refractivity contribution in [1.29, 1.82) is 0 Å². The van der Waals surface area contributed by atoms with Crippen LogP contribution in [-0.4, -0.2) is 41.7 Å². The summed E-state index contributed by atoms with van der Waals surface area (Å²) in [6.45, 7) is 7.79. The molecule has 2 heterocycles. The number of benzene rings is 3. The monoisotopic (exact) mass is 551 g/mol. The molecule has 0 saturated carbocycles. The minimum Gasteiger partial charge on any atom is -0.490 e. The average Bonchev–Trinajstić information content (AvgIpc) is 3.41. The molecule has 0 fully saturated rings. The Morgan fingerprint density at radius 3 is 2.63 bits per heavy atom. The smallest absolute Gasteiger partial charge is 0.344 e. The molecule has 0 unspecified atom stereocenters. The molecule has 0 amide bonds. The van der Waals surface area contributed by atoms with Crippen LogP contribution in [0.25, 0.3) is 33.5 Å². The molecule has 3 aromatic carbocycles. The van der Waals surface area contributed by atoms with E-state index >= 15 is 0 Å². The quantitative estimate of drug-likeness (QED) is 0.117. The van der Waals surface area contributed by atoms with Crippen LogP contribution in [0.3, 0.4) is 0 Å². The molecule has 0 spiro atoms. The molecule has 5 rings (SSSR count). The van der Waals surface area contributed by atoms with Gasteiger partial charge in [0.15, 0.2) is 23.9 Å². The molecule has 0 saturated heterocycles. The van der Waals surface area contributed by atoms with Crippen molar-refractivity contribution in [3.05, 3.63) is 101 Å². The van der Waals surface area contributed by atoms with Crippen LogP contribution >= 0.6 is 0 Å². The van der Waals surface area contributed by atoms with Crippen molar-refractivity contribution in [3.8, 4) is 23.1 Å². The van der Waals surface area contributed by atoms with Crippen LogP contribution < -0.4 is 15.0 Å². The molecule has 0 aliphatic rings. The van der Waals surface area contributed by atoms with Crippen molar-refractivity contribution in [2.75, 3.05) is 19.8 Å². The number of esters is 1. The highest BCUT2D eigenvalue weighted by Gasteiger charge is 2.18. The molecule has 5 aromatic rings. The van der Waals surface area contributed by atoms with Gasteiger partial charge in [0.25, 0.3) is 5.56 Å². The summed E-state index contributed by atoms with van der Waals surface area (Å²) in [5, 5.41) is 5.87. The van der Waals surface area contributed by atoms with E-state index < -0.39 is 5.97 Å². The Labute approximate surface area is 236 Å². The highest BCUT2D eigenvalue weighted by molar-refractivity contribution is 5.85. The van der Waals surface area contributed by atoms with Gasteiger partial charge < -0.3 is 18.6 Å². The van der Waals surface area contributed by atoms with Gasteiger partial charge >= 0.3 is 5.97 Å². The standard InChI is InChI=1S/C32H29N3O6/c1-4-11-23-16-21(17-27(38-5-2)30(23)40-20-29(36)39-6-3)19-33-35-31(28-18-22-12-7-10-15-26(22)41-28)34-25-14-9-8-13-24(25)32(35)37/h4,7-10,12-19H,1,5-6,11,20H2,2-3H3. The summed E-state index contributed by atoms with van der Waals surface area (Å²) in [6, 6.07) is 20.1. The summed E-state index contributed by atoms with van der Waals surface area (Å²) in [6.07, 6.45) is 3.72. The van der Waals surface area contributed by atoms with Gasteiger partial charge in [0, 0.05) is 10.9 Å². The summed E-state index contributed by atoms with van der Waals surface area (Å²) in [5.41, 5.74) is 2.25. The first-order valence-electron chi connectivity index (χ1n) is 13.3. The Bertz CT molecular complexity index is 1790. The third kappa shape index (κ3) is 5.89. The number of aromatic nitrogens is 2. The fourth-order valence-electron chi connectivity index (χ4n) is 4.43. The largest absolute Gasteiger partial charge is 0.490 e. The van der Waals surface area contributed by atoms with E-state index in [1.54, 1.807) is 43.5 Å². The van der Waals surface area contributed by atoms with Crippen molar-refractivity contribution < 1.29 is 23.4 Å². The maximum absolute atomic E-state index is 13.6. The number of carbonyl (C=O) groups excluding carboxylic acids is 1. The molecule has 0 aliphatic carbocycles. The second-order valence-corrected chi connectivity index (χ2v) is 8.99. The highest BCUT2D eigenvalue weighted by Crippen LogP contribution is 2.34. The van der Waals surface area contributed by atoms with Crippen LogP contribution in [-0.2, 0) is 16.0 Å². The first kappa shape index (κ1) is 27.4. The number of fused-ring (bicyclic) bond motifs is 2. The topological polar surface area (TPSA) is 105 Å². The molecular weight excluding hydrogens is 522 g/mol. The Hall–Kier alpha value is -5.18. The minimum absolute atomic E-state index is 0.258. The van der Waals surface area contributed by atoms with Gasteiger partial charge in [-0.3, -0.25) is 4.79 Å². The second-order valence-electron chi connectivity index (χ2n) is 8.99. The lowest BCUT2D eigenvalue weighted by atomic mass is 10.1. The zero-order valence-corrected chi connectivity index (χ0v) is 22.8. The van der Waals surface area contributed by atoms with Crippen LogP contribution in [0.2, 0.25) is 0 Å². The van der Waals surface area contributed by atoms with E-state index in [2.05, 4.69) is 11.7 Å². The van der Waals surface area contributed by atoms with Gasteiger partial charge in [-0.25, -0.2) is 9.78 Å². The Kier molecular flexibility index (Phi) is 8.24. The number of ether oxygens (including phenoxy) is 3. The van der Waals surface area contributed by atoms with Crippen molar-refractivity contribution in [2.24, 2.45) is 5.10 Å². The maximum Gasteiger partial charge on any atom is 0.344 e. The van der Waals surface area contributed by atoms with Gasteiger partial charge in [-0.2, -0.15) is 9.78 Å². The maximum atomic E-state index is 13.6. The number of carbonyl (C=O) groups is 1. The van der Waals surface area contributed by atoms with Gasteiger partial charge in [-0.05, 0) is 62.2 Å². The molecule has 0 atom stereocenters. The fraction of sp³-hybridized carbons (Fsp3) is 0.188. The number of nitrogens with zero attached hydrogens (tertiary/aromatic N) is 3. The van der Waals surface area contributed by atoms with E-state index in [0.29, 0.717) is 52.3 Å². The summed E-state index contributed by atoms with van der Waals surface area (Å²) >= 11 is 0. The number of hydrogen-bond donors (Lipinski definition) is 0. The summed E-state index contributed by atoms with van der Waals surface area (Å²) in [4.78, 5) is 30.3. The fourth-order valence-corrected chi connectivity index (χ4v) is 4.43. The molecule has 9 heteroatoms. The molecule has 0 aliphatic heterocycles. The lowest BCUT2D eigenvalue weighted by Crippen LogP contribution is -2.20. The first-order chi connectivity index (χ1) is 20.0. The predicted octanol–water partition coefficient (Wildman–Crippen LogP) is 5.76. The van der Waals surface area contributed by atoms with Gasteiger partial charge in [-0.1, -0.05) is 36.4 Å². The molecule has 2 aromatic heterocycles. The van der Waals surface area contributed by atoms with Crippen LogP contribution in [0, 0.1) is 0 Å². The zero-order valence-electron chi connectivity index (χ0n) is 22.8. The number of hydrogen-bond acceptors (Lipinski definition) is 8. The molecular formula is C32H29N3O6. The van der Waals surface area contributed by atoms with Crippen LogP contribution in [0.1, 0.15) is 25.0 Å². The second kappa shape index (κ2) is 12.3. The number of furan rings is 1. The summed E-state index contributed by atoms with van der Waals surface area (Å²) in [5.74, 6) is 1.05. The molecule has 0 bridgehead atoms. The molecule has 41 heavy (non-hydrogen) atoms. The average molecular weight is 552 g/mol. The number of rotatable bonds is 11. The van der Waals surface area contributed by atoms with E-state index in [0.717, 1.165) is 10.9 Å². The Balaban J connectivity index is 1.61. The third-order valence-corrected chi connectivity index (χ3v) is 6.18. The molecule has 9 nitrogen and oxygen atoms in total. The first-order valence-corrected chi connectivity index (χ1v) is 13.3. The van der Waals surface area contributed by atoms with Crippen molar-refractivity contribution >= 4 is 34.1 Å². The van der Waals surface area contributed by atoms with Crippen molar-refractivity contribution in [2.45, 2.75) is 20.3 Å². The van der Waals surface area contributed by atoms with E-state index in [1.807, 2.05) is 49.4 Å². The minimum atomic E-state index is -0.480. The van der Waals surface area contributed by atoms with Gasteiger partial charge in [0.05, 0.1) is 30.3 Å². The van der Waals surface area contributed by atoms with Crippen LogP contribution in [0.5, 0.6) is 11.5 Å². The Morgan fingerprint density at radius 2 is 1.85 bits per heavy atom. The van der Waals surface area contributed by atoms with E-state index in [-0.39, 0.29) is 24.6 Å². The molecule has 0 N–H and O–H groups in total. The lowest BCUT2D eigenvalue weighted by molar-refractivity contribution is -0.145. The number of allylic oxidation sites excluding steroid dienone is 1. The van der Waals surface area contributed by atoms with E-state index in [9.17, 15) is 9.59 Å². The van der Waals surface area contributed by atoms with E-state index in [4.69, 9.17) is 23.6 Å². The van der Waals surface area contributed by atoms with Gasteiger partial charge in [0.2, 0.25) is 5.82 Å².